The van der Waals surface area contributed by atoms with Crippen LogP contribution in [0.2, 0.25) is 0 Å². The summed E-state index contributed by atoms with van der Waals surface area (Å²) in [4.78, 5) is 16.6. The molecule has 0 radical (unpaired) electrons. The molecule has 0 saturated heterocycles. The first kappa shape index (κ1) is 8.12. The van der Waals surface area contributed by atoms with E-state index in [1.54, 1.807) is 6.08 Å². The Balaban J connectivity index is 2.35. The Morgan fingerprint density at radius 3 is 3.00 bits per heavy atom. The molecule has 13 heavy (non-hydrogen) atoms. The zero-order chi connectivity index (χ0) is 9.26. The second kappa shape index (κ2) is 3.10. The molecule has 0 bridgehead atoms. The number of aliphatic imine (C=N–C) groups is 4. The predicted molar refractivity (Wildman–Crippen MR) is 58.2 cm³/mol. The number of hydrogen-bond acceptors (Lipinski definition) is 4. The number of fused-ring (bicyclic) bond motifs is 1. The van der Waals surface area contributed by atoms with E-state index in [0.717, 1.165) is 0 Å². The monoisotopic (exact) mass is 190 g/mol. The SMILES string of the molecule is C=CCC1=NC2=NC=NC(=S)C2=N1. The Labute approximate surface area is 80.5 Å². The van der Waals surface area contributed by atoms with Gasteiger partial charge in [0.25, 0.3) is 0 Å². The molecule has 0 aromatic rings. The molecule has 2 aliphatic rings. The number of rotatable bonds is 2. The third kappa shape index (κ3) is 1.38. The van der Waals surface area contributed by atoms with Crippen LogP contribution in [0.1, 0.15) is 6.42 Å². The van der Waals surface area contributed by atoms with Crippen LogP contribution >= 0.6 is 12.2 Å². The molecule has 4 nitrogen and oxygen atoms in total. The van der Waals surface area contributed by atoms with E-state index in [1.165, 1.54) is 6.34 Å². The zero-order valence-corrected chi connectivity index (χ0v) is 7.58. The van der Waals surface area contributed by atoms with Crippen molar-refractivity contribution in [3.05, 3.63) is 12.7 Å². The number of amidine groups is 2. The van der Waals surface area contributed by atoms with Crippen molar-refractivity contribution in [3.8, 4) is 0 Å². The highest BCUT2D eigenvalue weighted by Crippen LogP contribution is 2.08. The molecule has 0 aliphatic carbocycles. The van der Waals surface area contributed by atoms with Gasteiger partial charge < -0.3 is 0 Å². The molecule has 0 unspecified atom stereocenters. The Bertz CT molecular complexity index is 400. The first-order valence-corrected chi connectivity index (χ1v) is 4.14. The third-order valence-corrected chi connectivity index (χ3v) is 1.87. The fraction of sp³-hybridized carbons (Fsp3) is 0.125. The maximum atomic E-state index is 4.97. The summed E-state index contributed by atoms with van der Waals surface area (Å²) in [7, 11) is 0. The van der Waals surface area contributed by atoms with Crippen LogP contribution in [0.5, 0.6) is 0 Å². The summed E-state index contributed by atoms with van der Waals surface area (Å²) in [5.41, 5.74) is 0.606. The second-order valence-corrected chi connectivity index (χ2v) is 2.87. The van der Waals surface area contributed by atoms with Crippen molar-refractivity contribution in [2.75, 3.05) is 0 Å². The van der Waals surface area contributed by atoms with Crippen LogP contribution in [0, 0.1) is 0 Å². The van der Waals surface area contributed by atoms with Gasteiger partial charge in [-0.15, -0.1) is 6.58 Å². The van der Waals surface area contributed by atoms with Crippen LogP contribution in [-0.2, 0) is 0 Å². The van der Waals surface area contributed by atoms with Gasteiger partial charge in [0.1, 0.15) is 17.9 Å². The summed E-state index contributed by atoms with van der Waals surface area (Å²) in [6.45, 7) is 3.61. The number of hydrogen-bond donors (Lipinski definition) is 0. The van der Waals surface area contributed by atoms with Crippen molar-refractivity contribution in [3.63, 3.8) is 0 Å². The van der Waals surface area contributed by atoms with Crippen LogP contribution in [0.3, 0.4) is 0 Å². The van der Waals surface area contributed by atoms with E-state index in [4.69, 9.17) is 12.2 Å². The predicted octanol–water partition coefficient (Wildman–Crippen LogP) is 1.18. The van der Waals surface area contributed by atoms with Crippen LogP contribution in [0.25, 0.3) is 0 Å². The van der Waals surface area contributed by atoms with Crippen molar-refractivity contribution in [2.45, 2.75) is 6.42 Å². The molecule has 0 saturated carbocycles. The van der Waals surface area contributed by atoms with Crippen molar-refractivity contribution >= 4 is 40.9 Å². The molecular weight excluding hydrogens is 184 g/mol. The van der Waals surface area contributed by atoms with Crippen LogP contribution in [0.15, 0.2) is 32.6 Å². The lowest BCUT2D eigenvalue weighted by Crippen LogP contribution is -2.20. The Morgan fingerprint density at radius 1 is 1.46 bits per heavy atom. The van der Waals surface area contributed by atoms with Gasteiger partial charge in [0.2, 0.25) is 0 Å². The maximum Gasteiger partial charge on any atom is 0.184 e. The minimum absolute atomic E-state index is 0.452. The molecule has 0 amide bonds. The van der Waals surface area contributed by atoms with E-state index in [2.05, 4.69) is 26.5 Å². The Kier molecular flexibility index (Phi) is 1.94. The fourth-order valence-corrected chi connectivity index (χ4v) is 1.21. The van der Waals surface area contributed by atoms with E-state index < -0.39 is 0 Å². The summed E-state index contributed by atoms with van der Waals surface area (Å²) in [6, 6.07) is 0. The number of thiocarbonyl (C=S) groups is 1. The highest BCUT2D eigenvalue weighted by atomic mass is 32.1. The first-order valence-electron chi connectivity index (χ1n) is 3.73. The molecule has 64 valence electrons. The fourth-order valence-electron chi connectivity index (χ4n) is 1.03. The molecule has 0 fully saturated rings. The summed E-state index contributed by atoms with van der Waals surface area (Å²) < 4.78 is 0. The van der Waals surface area contributed by atoms with Gasteiger partial charge in [0.05, 0.1) is 0 Å². The second-order valence-electron chi connectivity index (χ2n) is 2.48. The topological polar surface area (TPSA) is 49.4 Å². The van der Waals surface area contributed by atoms with Gasteiger partial charge in [-0.25, -0.2) is 20.0 Å². The summed E-state index contributed by atoms with van der Waals surface area (Å²) in [5.74, 6) is 1.26. The van der Waals surface area contributed by atoms with E-state index >= 15 is 0 Å². The van der Waals surface area contributed by atoms with Crippen molar-refractivity contribution in [1.82, 2.24) is 0 Å². The molecule has 0 atom stereocenters. The van der Waals surface area contributed by atoms with Gasteiger partial charge in [-0.05, 0) is 0 Å². The normalized spacial score (nSPS) is 19.1. The molecule has 0 aromatic heterocycles. The largest absolute Gasteiger partial charge is 0.226 e. The quantitative estimate of drug-likeness (QED) is 0.476. The molecule has 2 rings (SSSR count). The molecular formula is C8H6N4S. The van der Waals surface area contributed by atoms with Gasteiger partial charge >= 0.3 is 0 Å². The third-order valence-electron chi connectivity index (χ3n) is 1.57. The van der Waals surface area contributed by atoms with Gasteiger partial charge in [-0.2, -0.15) is 0 Å². The first-order chi connectivity index (χ1) is 6.31. The lowest BCUT2D eigenvalue weighted by atomic mass is 10.3. The van der Waals surface area contributed by atoms with E-state index in [1.807, 2.05) is 0 Å². The average Bonchev–Trinajstić information content (AvgIpc) is 2.49. The molecule has 0 aromatic carbocycles. The molecule has 5 heteroatoms. The minimum atomic E-state index is 0.452. The van der Waals surface area contributed by atoms with Crippen molar-refractivity contribution in [2.24, 2.45) is 20.0 Å². The Morgan fingerprint density at radius 2 is 2.31 bits per heavy atom. The van der Waals surface area contributed by atoms with Crippen LogP contribution < -0.4 is 0 Å². The smallest absolute Gasteiger partial charge is 0.184 e. The summed E-state index contributed by atoms with van der Waals surface area (Å²) in [5, 5.41) is 0. The Hall–Kier alpha value is -1.49. The highest BCUT2D eigenvalue weighted by Gasteiger charge is 2.22. The molecule has 0 N–H and O–H groups in total. The van der Waals surface area contributed by atoms with Crippen molar-refractivity contribution in [1.29, 1.82) is 0 Å². The maximum absolute atomic E-state index is 4.97. The zero-order valence-electron chi connectivity index (χ0n) is 6.77. The van der Waals surface area contributed by atoms with Gasteiger partial charge in [-0.1, -0.05) is 18.3 Å². The average molecular weight is 190 g/mol. The van der Waals surface area contributed by atoms with Crippen molar-refractivity contribution < 1.29 is 0 Å². The highest BCUT2D eigenvalue weighted by molar-refractivity contribution is 7.82. The van der Waals surface area contributed by atoms with Crippen LogP contribution in [-0.4, -0.2) is 28.7 Å². The van der Waals surface area contributed by atoms with E-state index in [-0.39, 0.29) is 0 Å². The lowest BCUT2D eigenvalue weighted by molar-refractivity contribution is 1.42. The summed E-state index contributed by atoms with van der Waals surface area (Å²) >= 11 is 4.97. The number of nitrogens with zero attached hydrogens (tertiary/aromatic N) is 4. The molecule has 2 heterocycles. The van der Waals surface area contributed by atoms with E-state index in [9.17, 15) is 0 Å². The standard InChI is InChI=1S/C8H6N4S/c1-2-3-5-11-6-7(12-5)9-4-10-8(6)13/h2,4H,1,3H2. The summed E-state index contributed by atoms with van der Waals surface area (Å²) in [6.07, 6.45) is 3.77. The van der Waals surface area contributed by atoms with E-state index in [0.29, 0.717) is 28.8 Å². The van der Waals surface area contributed by atoms with Gasteiger partial charge in [0.15, 0.2) is 10.8 Å². The molecule has 2 aliphatic heterocycles. The van der Waals surface area contributed by atoms with Gasteiger partial charge in [0, 0.05) is 6.42 Å². The minimum Gasteiger partial charge on any atom is -0.226 e. The molecule has 0 spiro atoms. The van der Waals surface area contributed by atoms with Gasteiger partial charge in [-0.3, -0.25) is 0 Å². The lowest BCUT2D eigenvalue weighted by Gasteiger charge is -1.99. The van der Waals surface area contributed by atoms with Crippen LogP contribution in [0.4, 0.5) is 0 Å².